The van der Waals surface area contributed by atoms with E-state index in [4.69, 9.17) is 0 Å². The third kappa shape index (κ3) is 5.40. The lowest BCUT2D eigenvalue weighted by Crippen LogP contribution is -2.45. The average Bonchev–Trinajstić information content (AvgIpc) is 2.81. The first-order chi connectivity index (χ1) is 15.5. The van der Waals surface area contributed by atoms with Gasteiger partial charge in [0.15, 0.2) is 0 Å². The number of nitrogens with zero attached hydrogens (tertiary/aromatic N) is 3. The van der Waals surface area contributed by atoms with E-state index in [9.17, 15) is 9.59 Å². The number of para-hydroxylation sites is 1. The van der Waals surface area contributed by atoms with E-state index >= 15 is 0 Å². The number of nitrogens with one attached hydrogen (secondary N) is 2. The van der Waals surface area contributed by atoms with Gasteiger partial charge in [0.25, 0.3) is 0 Å². The molecule has 1 unspecified atom stereocenters. The Balaban J connectivity index is 1.34. The molecule has 7 heteroatoms. The standard InChI is InChI=1S/C25H33N5O2/c1-19-17-22(10-11-23(19)29-15-13-28(2)14-16-29)26-24(31)20-7-6-12-30(18-20)25(32)27-21-8-4-3-5-9-21/h3-5,8-11,17,20H,6-7,12-16,18H2,1-2H3,(H,26,31)(H,27,32). The number of amides is 3. The minimum Gasteiger partial charge on any atom is -0.369 e. The normalized spacial score (nSPS) is 19.5. The number of piperazine rings is 1. The Hall–Kier alpha value is -3.06. The van der Waals surface area contributed by atoms with E-state index < -0.39 is 0 Å². The fraction of sp³-hybridized carbons (Fsp3) is 0.440. The van der Waals surface area contributed by atoms with Crippen LogP contribution in [0.15, 0.2) is 48.5 Å². The number of rotatable bonds is 4. The summed E-state index contributed by atoms with van der Waals surface area (Å²) in [6.07, 6.45) is 1.61. The first-order valence-corrected chi connectivity index (χ1v) is 11.5. The van der Waals surface area contributed by atoms with Gasteiger partial charge in [0.2, 0.25) is 5.91 Å². The molecule has 2 aliphatic rings. The fourth-order valence-electron chi connectivity index (χ4n) is 4.48. The van der Waals surface area contributed by atoms with Crippen molar-refractivity contribution in [3.05, 3.63) is 54.1 Å². The number of hydrogen-bond acceptors (Lipinski definition) is 4. The molecule has 2 heterocycles. The van der Waals surface area contributed by atoms with E-state index in [1.165, 1.54) is 11.3 Å². The quantitative estimate of drug-likeness (QED) is 0.770. The Labute approximate surface area is 190 Å². The maximum Gasteiger partial charge on any atom is 0.321 e. The van der Waals surface area contributed by atoms with Gasteiger partial charge in [-0.25, -0.2) is 4.79 Å². The lowest BCUT2D eigenvalue weighted by atomic mass is 9.97. The van der Waals surface area contributed by atoms with Crippen molar-refractivity contribution >= 4 is 29.0 Å². The van der Waals surface area contributed by atoms with Gasteiger partial charge in [0.05, 0.1) is 5.92 Å². The molecule has 32 heavy (non-hydrogen) atoms. The number of carbonyl (C=O) groups is 2. The lowest BCUT2D eigenvalue weighted by molar-refractivity contribution is -0.121. The molecule has 2 saturated heterocycles. The summed E-state index contributed by atoms with van der Waals surface area (Å²) >= 11 is 0. The van der Waals surface area contributed by atoms with E-state index in [0.717, 1.165) is 50.4 Å². The highest BCUT2D eigenvalue weighted by atomic mass is 16.2. The third-order valence-electron chi connectivity index (χ3n) is 6.41. The second kappa shape index (κ2) is 10.0. The first-order valence-electron chi connectivity index (χ1n) is 11.5. The molecule has 0 bridgehead atoms. The smallest absolute Gasteiger partial charge is 0.321 e. The van der Waals surface area contributed by atoms with Gasteiger partial charge in [-0.2, -0.15) is 0 Å². The predicted molar refractivity (Wildman–Crippen MR) is 129 cm³/mol. The minimum absolute atomic E-state index is 0.0195. The highest BCUT2D eigenvalue weighted by Gasteiger charge is 2.28. The molecule has 0 radical (unpaired) electrons. The van der Waals surface area contributed by atoms with Gasteiger partial charge >= 0.3 is 6.03 Å². The molecule has 2 aromatic carbocycles. The molecular formula is C25H33N5O2. The average molecular weight is 436 g/mol. The molecule has 4 rings (SSSR count). The van der Waals surface area contributed by atoms with Crippen molar-refractivity contribution in [2.75, 3.05) is 61.8 Å². The molecule has 1 atom stereocenters. The van der Waals surface area contributed by atoms with Crippen LogP contribution in [-0.4, -0.2) is 68.1 Å². The molecule has 3 amide bonds. The second-order valence-electron chi connectivity index (χ2n) is 8.86. The minimum atomic E-state index is -0.206. The largest absolute Gasteiger partial charge is 0.369 e. The van der Waals surface area contributed by atoms with Gasteiger partial charge in [0, 0.05) is 56.3 Å². The summed E-state index contributed by atoms with van der Waals surface area (Å²) in [5.74, 6) is -0.225. The molecule has 2 aromatic rings. The van der Waals surface area contributed by atoms with E-state index in [-0.39, 0.29) is 17.9 Å². The van der Waals surface area contributed by atoms with Gasteiger partial charge in [0.1, 0.15) is 0 Å². The number of likely N-dealkylation sites (tertiary alicyclic amines) is 1. The van der Waals surface area contributed by atoms with Crippen LogP contribution in [0.4, 0.5) is 21.9 Å². The number of aryl methyl sites for hydroxylation is 1. The van der Waals surface area contributed by atoms with Crippen LogP contribution in [0.5, 0.6) is 0 Å². The highest BCUT2D eigenvalue weighted by Crippen LogP contribution is 2.26. The Morgan fingerprint density at radius 1 is 0.906 bits per heavy atom. The fourth-order valence-corrected chi connectivity index (χ4v) is 4.48. The Morgan fingerprint density at radius 2 is 1.66 bits per heavy atom. The van der Waals surface area contributed by atoms with E-state index in [0.29, 0.717) is 13.1 Å². The van der Waals surface area contributed by atoms with Crippen LogP contribution >= 0.6 is 0 Å². The topological polar surface area (TPSA) is 67.9 Å². The van der Waals surface area contributed by atoms with Crippen molar-refractivity contribution in [1.82, 2.24) is 9.80 Å². The van der Waals surface area contributed by atoms with Crippen molar-refractivity contribution in [3.63, 3.8) is 0 Å². The SMILES string of the molecule is Cc1cc(NC(=O)C2CCCN(C(=O)Nc3ccccc3)C2)ccc1N1CCN(C)CC1. The van der Waals surface area contributed by atoms with E-state index in [2.05, 4.69) is 40.5 Å². The predicted octanol–water partition coefficient (Wildman–Crippen LogP) is 3.63. The van der Waals surface area contributed by atoms with Crippen LogP contribution in [0.25, 0.3) is 0 Å². The van der Waals surface area contributed by atoms with Gasteiger partial charge < -0.3 is 25.3 Å². The van der Waals surface area contributed by atoms with Gasteiger partial charge in [-0.1, -0.05) is 18.2 Å². The summed E-state index contributed by atoms with van der Waals surface area (Å²) in [6.45, 7) is 7.36. The first kappa shape index (κ1) is 22.1. The molecule has 0 saturated carbocycles. The van der Waals surface area contributed by atoms with Crippen molar-refractivity contribution < 1.29 is 9.59 Å². The zero-order valence-corrected chi connectivity index (χ0v) is 19.0. The van der Waals surface area contributed by atoms with Crippen LogP contribution in [0, 0.1) is 12.8 Å². The van der Waals surface area contributed by atoms with E-state index in [1.807, 2.05) is 42.5 Å². The van der Waals surface area contributed by atoms with Crippen LogP contribution in [0.3, 0.4) is 0 Å². The second-order valence-corrected chi connectivity index (χ2v) is 8.86. The molecule has 2 N–H and O–H groups in total. The van der Waals surface area contributed by atoms with Crippen molar-refractivity contribution in [2.24, 2.45) is 5.92 Å². The number of likely N-dealkylation sites (N-methyl/N-ethyl adjacent to an activating group) is 1. The van der Waals surface area contributed by atoms with Gasteiger partial charge in [-0.05, 0) is 62.7 Å². The Bertz CT molecular complexity index is 941. The summed E-state index contributed by atoms with van der Waals surface area (Å²) < 4.78 is 0. The van der Waals surface area contributed by atoms with Crippen molar-refractivity contribution in [1.29, 1.82) is 0 Å². The maximum atomic E-state index is 12.9. The molecule has 0 spiro atoms. The number of benzene rings is 2. The summed E-state index contributed by atoms with van der Waals surface area (Å²) in [6, 6.07) is 15.4. The van der Waals surface area contributed by atoms with Gasteiger partial charge in [-0.15, -0.1) is 0 Å². The molecule has 2 aliphatic heterocycles. The zero-order chi connectivity index (χ0) is 22.5. The maximum absolute atomic E-state index is 12.9. The lowest BCUT2D eigenvalue weighted by Gasteiger charge is -2.35. The summed E-state index contributed by atoms with van der Waals surface area (Å²) in [5, 5.41) is 5.99. The molecule has 0 aliphatic carbocycles. The highest BCUT2D eigenvalue weighted by molar-refractivity contribution is 5.94. The summed E-state index contributed by atoms with van der Waals surface area (Å²) in [4.78, 5) is 32.1. The molecule has 170 valence electrons. The van der Waals surface area contributed by atoms with Crippen LogP contribution in [0.1, 0.15) is 18.4 Å². The van der Waals surface area contributed by atoms with Crippen LogP contribution in [0.2, 0.25) is 0 Å². The van der Waals surface area contributed by atoms with Crippen LogP contribution < -0.4 is 15.5 Å². The zero-order valence-electron chi connectivity index (χ0n) is 19.0. The van der Waals surface area contributed by atoms with Crippen molar-refractivity contribution in [3.8, 4) is 0 Å². The summed E-state index contributed by atoms with van der Waals surface area (Å²) in [5.41, 5.74) is 3.98. The molecule has 0 aromatic heterocycles. The number of hydrogen-bond donors (Lipinski definition) is 2. The third-order valence-corrected chi connectivity index (χ3v) is 6.41. The molecule has 2 fully saturated rings. The Morgan fingerprint density at radius 3 is 2.38 bits per heavy atom. The van der Waals surface area contributed by atoms with E-state index in [1.54, 1.807) is 4.90 Å². The van der Waals surface area contributed by atoms with Crippen LogP contribution in [-0.2, 0) is 4.79 Å². The monoisotopic (exact) mass is 435 g/mol. The van der Waals surface area contributed by atoms with Gasteiger partial charge in [-0.3, -0.25) is 4.79 Å². The summed E-state index contributed by atoms with van der Waals surface area (Å²) in [7, 11) is 2.15. The van der Waals surface area contributed by atoms with Crippen molar-refractivity contribution in [2.45, 2.75) is 19.8 Å². The number of carbonyl (C=O) groups excluding carboxylic acids is 2. The number of urea groups is 1. The molecule has 7 nitrogen and oxygen atoms in total. The number of anilines is 3. The Kier molecular flexibility index (Phi) is 6.95. The number of piperidine rings is 1. The molecular weight excluding hydrogens is 402 g/mol.